The predicted octanol–water partition coefficient (Wildman–Crippen LogP) is 3.27. The van der Waals surface area contributed by atoms with E-state index in [1.165, 1.54) is 30.9 Å². The van der Waals surface area contributed by atoms with Gasteiger partial charge in [-0.3, -0.25) is 0 Å². The van der Waals surface area contributed by atoms with Crippen LogP contribution in [0.15, 0.2) is 48.5 Å². The van der Waals surface area contributed by atoms with Crippen molar-refractivity contribution < 1.29 is 13.9 Å². The highest BCUT2D eigenvalue weighted by atomic mass is 19.1. The smallest absolute Gasteiger partial charge is 0.339 e. The molecule has 0 aliphatic heterocycles. The van der Waals surface area contributed by atoms with E-state index in [0.717, 1.165) is 6.42 Å². The molecule has 3 nitrogen and oxygen atoms in total. The van der Waals surface area contributed by atoms with Gasteiger partial charge < -0.3 is 10.1 Å². The van der Waals surface area contributed by atoms with Crippen LogP contribution in [0.2, 0.25) is 0 Å². The van der Waals surface area contributed by atoms with Crippen molar-refractivity contribution >= 4 is 11.7 Å². The maximum absolute atomic E-state index is 13.3. The Balaban J connectivity index is 2.05. The highest BCUT2D eigenvalue weighted by molar-refractivity contribution is 5.95. The molecule has 0 spiro atoms. The number of esters is 1. The topological polar surface area (TPSA) is 38.3 Å². The first-order chi connectivity index (χ1) is 9.70. The van der Waals surface area contributed by atoms with Gasteiger partial charge in [0.15, 0.2) is 0 Å². The van der Waals surface area contributed by atoms with Crippen LogP contribution in [0, 0.1) is 5.82 Å². The first kappa shape index (κ1) is 14.1. The van der Waals surface area contributed by atoms with Crippen molar-refractivity contribution in [1.82, 2.24) is 0 Å². The Labute approximate surface area is 117 Å². The lowest BCUT2D eigenvalue weighted by Gasteiger charge is -2.11. The SMILES string of the molecule is COC(=O)c1ccc(F)cc1NCCc1ccccc1. The van der Waals surface area contributed by atoms with Crippen molar-refractivity contribution in [2.24, 2.45) is 0 Å². The maximum Gasteiger partial charge on any atom is 0.339 e. The molecule has 0 aliphatic rings. The Morgan fingerprint density at radius 3 is 2.65 bits per heavy atom. The van der Waals surface area contributed by atoms with Crippen LogP contribution in [0.3, 0.4) is 0 Å². The third-order valence-electron chi connectivity index (χ3n) is 2.96. The monoisotopic (exact) mass is 273 g/mol. The standard InChI is InChI=1S/C16H16FNO2/c1-20-16(19)14-8-7-13(17)11-15(14)18-10-9-12-5-3-2-4-6-12/h2-8,11,18H,9-10H2,1H3. The van der Waals surface area contributed by atoms with Crippen molar-refractivity contribution in [2.45, 2.75) is 6.42 Å². The van der Waals surface area contributed by atoms with E-state index in [9.17, 15) is 9.18 Å². The van der Waals surface area contributed by atoms with Crippen LogP contribution in [-0.2, 0) is 11.2 Å². The van der Waals surface area contributed by atoms with Gasteiger partial charge in [0.25, 0.3) is 0 Å². The average molecular weight is 273 g/mol. The summed E-state index contributed by atoms with van der Waals surface area (Å²) in [6.45, 7) is 0.609. The Bertz CT molecular complexity index is 584. The summed E-state index contributed by atoms with van der Waals surface area (Å²) in [6, 6.07) is 13.9. The van der Waals surface area contributed by atoms with Crippen LogP contribution >= 0.6 is 0 Å². The van der Waals surface area contributed by atoms with Gasteiger partial charge in [0.2, 0.25) is 0 Å². The van der Waals surface area contributed by atoms with Crippen molar-refractivity contribution in [1.29, 1.82) is 0 Å². The molecule has 4 heteroatoms. The number of methoxy groups -OCH3 is 1. The molecule has 0 heterocycles. The first-order valence-corrected chi connectivity index (χ1v) is 6.36. The van der Waals surface area contributed by atoms with E-state index in [1.807, 2.05) is 30.3 Å². The fourth-order valence-corrected chi connectivity index (χ4v) is 1.94. The molecule has 0 aliphatic carbocycles. The third-order valence-corrected chi connectivity index (χ3v) is 2.96. The third kappa shape index (κ3) is 3.57. The highest BCUT2D eigenvalue weighted by Gasteiger charge is 2.12. The van der Waals surface area contributed by atoms with Crippen molar-refractivity contribution in [3.8, 4) is 0 Å². The number of anilines is 1. The van der Waals surface area contributed by atoms with Gasteiger partial charge in [-0.2, -0.15) is 0 Å². The molecule has 2 aromatic carbocycles. The van der Waals surface area contributed by atoms with Gasteiger partial charge in [0, 0.05) is 6.54 Å². The van der Waals surface area contributed by atoms with Gasteiger partial charge in [-0.1, -0.05) is 30.3 Å². The van der Waals surface area contributed by atoms with Crippen LogP contribution in [-0.4, -0.2) is 19.6 Å². The lowest BCUT2D eigenvalue weighted by molar-refractivity contribution is 0.0602. The molecular formula is C16H16FNO2. The van der Waals surface area contributed by atoms with Gasteiger partial charge in [-0.15, -0.1) is 0 Å². The van der Waals surface area contributed by atoms with Gasteiger partial charge in [-0.05, 0) is 30.2 Å². The molecule has 0 amide bonds. The summed E-state index contributed by atoms with van der Waals surface area (Å²) in [7, 11) is 1.30. The number of benzene rings is 2. The predicted molar refractivity (Wildman–Crippen MR) is 76.4 cm³/mol. The molecule has 0 bridgehead atoms. The van der Waals surface area contributed by atoms with Gasteiger partial charge >= 0.3 is 5.97 Å². The summed E-state index contributed by atoms with van der Waals surface area (Å²) in [5.74, 6) is -0.868. The second-order valence-electron chi connectivity index (χ2n) is 4.34. The molecule has 104 valence electrons. The number of hydrogen-bond donors (Lipinski definition) is 1. The van der Waals surface area contributed by atoms with Gasteiger partial charge in [-0.25, -0.2) is 9.18 Å². The fourth-order valence-electron chi connectivity index (χ4n) is 1.94. The first-order valence-electron chi connectivity index (χ1n) is 6.36. The Hall–Kier alpha value is -2.36. The average Bonchev–Trinajstić information content (AvgIpc) is 2.48. The number of ether oxygens (including phenoxy) is 1. The van der Waals surface area contributed by atoms with Crippen molar-refractivity contribution in [2.75, 3.05) is 19.0 Å². The van der Waals surface area contributed by atoms with E-state index in [0.29, 0.717) is 17.8 Å². The molecule has 20 heavy (non-hydrogen) atoms. The number of halogens is 1. The van der Waals surface area contributed by atoms with E-state index < -0.39 is 5.97 Å². The lowest BCUT2D eigenvalue weighted by atomic mass is 10.1. The molecular weight excluding hydrogens is 257 g/mol. The summed E-state index contributed by atoms with van der Waals surface area (Å²) < 4.78 is 18.0. The zero-order valence-corrected chi connectivity index (χ0v) is 11.2. The second-order valence-corrected chi connectivity index (χ2v) is 4.34. The van der Waals surface area contributed by atoms with Crippen LogP contribution < -0.4 is 5.32 Å². The summed E-state index contributed by atoms with van der Waals surface area (Å²) in [5.41, 5.74) is 1.96. The minimum atomic E-state index is -0.479. The van der Waals surface area contributed by atoms with E-state index in [-0.39, 0.29) is 5.82 Å². The van der Waals surface area contributed by atoms with Crippen LogP contribution in [0.1, 0.15) is 15.9 Å². The molecule has 0 unspecified atom stereocenters. The number of carbonyl (C=O) groups excluding carboxylic acids is 1. The molecule has 2 rings (SSSR count). The zero-order valence-electron chi connectivity index (χ0n) is 11.2. The lowest BCUT2D eigenvalue weighted by Crippen LogP contribution is -2.11. The van der Waals surface area contributed by atoms with Crippen LogP contribution in [0.4, 0.5) is 10.1 Å². The molecule has 0 saturated carbocycles. The van der Waals surface area contributed by atoms with E-state index in [1.54, 1.807) is 0 Å². The number of hydrogen-bond acceptors (Lipinski definition) is 3. The quantitative estimate of drug-likeness (QED) is 0.850. The normalized spacial score (nSPS) is 10.1. The Kier molecular flexibility index (Phi) is 4.71. The summed E-state index contributed by atoms with van der Waals surface area (Å²) in [5, 5.41) is 3.08. The molecule has 0 aromatic heterocycles. The maximum atomic E-state index is 13.3. The summed E-state index contributed by atoms with van der Waals surface area (Å²) in [4.78, 5) is 11.6. The number of nitrogens with one attached hydrogen (secondary N) is 1. The minimum absolute atomic E-state index is 0.335. The number of carbonyl (C=O) groups is 1. The molecule has 1 N–H and O–H groups in total. The molecule has 0 fully saturated rings. The highest BCUT2D eigenvalue weighted by Crippen LogP contribution is 2.18. The molecule has 0 atom stereocenters. The van der Waals surface area contributed by atoms with Crippen LogP contribution in [0.25, 0.3) is 0 Å². The molecule has 0 saturated heterocycles. The van der Waals surface area contributed by atoms with E-state index in [4.69, 9.17) is 0 Å². The second kappa shape index (κ2) is 6.70. The summed E-state index contributed by atoms with van der Waals surface area (Å²) in [6.07, 6.45) is 0.790. The van der Waals surface area contributed by atoms with Crippen molar-refractivity contribution in [3.05, 3.63) is 65.5 Å². The van der Waals surface area contributed by atoms with E-state index >= 15 is 0 Å². The summed E-state index contributed by atoms with van der Waals surface area (Å²) >= 11 is 0. The Morgan fingerprint density at radius 2 is 1.95 bits per heavy atom. The number of rotatable bonds is 5. The largest absolute Gasteiger partial charge is 0.465 e. The van der Waals surface area contributed by atoms with Crippen molar-refractivity contribution in [3.63, 3.8) is 0 Å². The molecule has 2 aromatic rings. The molecule has 0 radical (unpaired) electrons. The zero-order chi connectivity index (χ0) is 14.4. The fraction of sp³-hybridized carbons (Fsp3) is 0.188. The van der Waals surface area contributed by atoms with Crippen LogP contribution in [0.5, 0.6) is 0 Å². The van der Waals surface area contributed by atoms with Gasteiger partial charge in [0.1, 0.15) is 5.82 Å². The Morgan fingerprint density at radius 1 is 1.20 bits per heavy atom. The minimum Gasteiger partial charge on any atom is -0.465 e. The van der Waals surface area contributed by atoms with E-state index in [2.05, 4.69) is 10.1 Å². The van der Waals surface area contributed by atoms with Gasteiger partial charge in [0.05, 0.1) is 18.4 Å².